The maximum Gasteiger partial charge on any atom is 0.241 e. The second kappa shape index (κ2) is 4.45. The van der Waals surface area contributed by atoms with Gasteiger partial charge in [0.05, 0.1) is 11.5 Å². The van der Waals surface area contributed by atoms with Crippen molar-refractivity contribution < 1.29 is 9.59 Å². The molecule has 1 heterocycles. The molecular formula is C16H16N2O2. The number of nitrogens with zero attached hydrogens (tertiary/aromatic N) is 2. The lowest BCUT2D eigenvalue weighted by atomic mass is 9.81. The predicted molar refractivity (Wildman–Crippen MR) is 72.4 cm³/mol. The zero-order valence-electron chi connectivity index (χ0n) is 11.4. The van der Waals surface area contributed by atoms with Crippen molar-refractivity contribution in [1.29, 1.82) is 5.26 Å². The molecule has 2 aliphatic rings. The van der Waals surface area contributed by atoms with Crippen LogP contribution in [0.4, 0.5) is 0 Å². The first-order valence-electron chi connectivity index (χ1n) is 6.89. The topological polar surface area (TPSA) is 61.2 Å². The molecule has 0 bridgehead atoms. The molecule has 0 radical (unpaired) electrons. The molecular weight excluding hydrogens is 252 g/mol. The first-order valence-corrected chi connectivity index (χ1v) is 6.89. The van der Waals surface area contributed by atoms with Crippen LogP contribution in [0, 0.1) is 17.2 Å². The van der Waals surface area contributed by atoms with Crippen LogP contribution in [0.25, 0.3) is 0 Å². The van der Waals surface area contributed by atoms with Crippen molar-refractivity contribution >= 4 is 11.8 Å². The predicted octanol–water partition coefficient (Wildman–Crippen LogP) is 2.01. The number of amides is 2. The van der Waals surface area contributed by atoms with Crippen molar-refractivity contribution in [2.75, 3.05) is 0 Å². The van der Waals surface area contributed by atoms with Gasteiger partial charge in [0, 0.05) is 6.42 Å². The van der Waals surface area contributed by atoms with Gasteiger partial charge in [0.25, 0.3) is 0 Å². The number of benzene rings is 1. The Kier molecular flexibility index (Phi) is 2.86. The SMILES string of the molecule is CC1(c2ccccc2)CC(=O)N(C(C#N)C2CC2)C1=O. The molecule has 4 nitrogen and oxygen atoms in total. The van der Waals surface area contributed by atoms with E-state index in [1.807, 2.05) is 30.3 Å². The van der Waals surface area contributed by atoms with E-state index < -0.39 is 11.5 Å². The van der Waals surface area contributed by atoms with Crippen molar-refractivity contribution in [2.45, 2.75) is 37.6 Å². The molecule has 2 unspecified atom stereocenters. The van der Waals surface area contributed by atoms with Crippen LogP contribution in [0.1, 0.15) is 31.7 Å². The van der Waals surface area contributed by atoms with E-state index in [4.69, 9.17) is 0 Å². The highest BCUT2D eigenvalue weighted by atomic mass is 16.2. The normalized spacial score (nSPS) is 27.5. The Balaban J connectivity index is 1.96. The lowest BCUT2D eigenvalue weighted by Crippen LogP contribution is -2.43. The van der Waals surface area contributed by atoms with Crippen LogP contribution < -0.4 is 0 Å². The summed E-state index contributed by atoms with van der Waals surface area (Å²) in [6, 6.07) is 10.9. The summed E-state index contributed by atoms with van der Waals surface area (Å²) >= 11 is 0. The molecule has 1 aliphatic carbocycles. The highest BCUT2D eigenvalue weighted by Crippen LogP contribution is 2.42. The van der Waals surface area contributed by atoms with Crippen molar-refractivity contribution in [3.63, 3.8) is 0 Å². The van der Waals surface area contributed by atoms with Gasteiger partial charge in [0.15, 0.2) is 0 Å². The van der Waals surface area contributed by atoms with Crippen molar-refractivity contribution in [1.82, 2.24) is 4.90 Å². The Morgan fingerprint density at radius 3 is 2.50 bits per heavy atom. The van der Waals surface area contributed by atoms with E-state index in [0.29, 0.717) is 0 Å². The highest BCUT2D eigenvalue weighted by molar-refractivity contribution is 6.09. The summed E-state index contributed by atoms with van der Waals surface area (Å²) in [5, 5.41) is 9.28. The molecule has 0 aromatic heterocycles. The van der Waals surface area contributed by atoms with Gasteiger partial charge in [-0.25, -0.2) is 0 Å². The highest BCUT2D eigenvalue weighted by Gasteiger charge is 2.54. The smallest absolute Gasteiger partial charge is 0.241 e. The van der Waals surface area contributed by atoms with Gasteiger partial charge in [-0.3, -0.25) is 14.5 Å². The van der Waals surface area contributed by atoms with Gasteiger partial charge < -0.3 is 0 Å². The summed E-state index contributed by atoms with van der Waals surface area (Å²) in [6.45, 7) is 1.80. The number of nitriles is 1. The number of likely N-dealkylation sites (tertiary alicyclic amines) is 1. The van der Waals surface area contributed by atoms with Crippen LogP contribution in [0.2, 0.25) is 0 Å². The molecule has 1 saturated heterocycles. The van der Waals surface area contributed by atoms with Crippen LogP contribution in [-0.2, 0) is 15.0 Å². The Labute approximate surface area is 118 Å². The molecule has 2 fully saturated rings. The number of carbonyl (C=O) groups is 2. The maximum absolute atomic E-state index is 12.7. The van der Waals surface area contributed by atoms with Crippen LogP contribution in [-0.4, -0.2) is 22.8 Å². The van der Waals surface area contributed by atoms with E-state index in [1.165, 1.54) is 4.90 Å². The van der Waals surface area contributed by atoms with E-state index in [1.54, 1.807) is 6.92 Å². The van der Waals surface area contributed by atoms with Crippen LogP contribution in [0.5, 0.6) is 0 Å². The lowest BCUT2D eigenvalue weighted by molar-refractivity contribution is -0.141. The van der Waals surface area contributed by atoms with E-state index >= 15 is 0 Å². The second-order valence-corrected chi connectivity index (χ2v) is 5.86. The first kappa shape index (κ1) is 12.9. The summed E-state index contributed by atoms with van der Waals surface area (Å²) in [5.41, 5.74) is 0.0100. The quantitative estimate of drug-likeness (QED) is 0.788. The molecule has 1 aliphatic heterocycles. The summed E-state index contributed by atoms with van der Waals surface area (Å²) in [5.74, 6) is -0.280. The average molecular weight is 268 g/mol. The van der Waals surface area contributed by atoms with Crippen molar-refractivity contribution in [3.05, 3.63) is 35.9 Å². The number of hydrogen-bond acceptors (Lipinski definition) is 3. The fourth-order valence-electron chi connectivity index (χ4n) is 2.94. The van der Waals surface area contributed by atoms with Gasteiger partial charge in [0.2, 0.25) is 11.8 Å². The monoisotopic (exact) mass is 268 g/mol. The van der Waals surface area contributed by atoms with Crippen molar-refractivity contribution in [3.8, 4) is 6.07 Å². The molecule has 4 heteroatoms. The number of carbonyl (C=O) groups excluding carboxylic acids is 2. The minimum Gasteiger partial charge on any atom is -0.274 e. The zero-order chi connectivity index (χ0) is 14.3. The molecule has 102 valence electrons. The van der Waals surface area contributed by atoms with Crippen LogP contribution in [0.3, 0.4) is 0 Å². The summed E-state index contributed by atoms with van der Waals surface area (Å²) < 4.78 is 0. The van der Waals surface area contributed by atoms with Crippen molar-refractivity contribution in [2.24, 2.45) is 5.92 Å². The van der Waals surface area contributed by atoms with E-state index in [0.717, 1.165) is 18.4 Å². The summed E-state index contributed by atoms with van der Waals surface area (Å²) in [4.78, 5) is 26.2. The van der Waals surface area contributed by atoms with Gasteiger partial charge >= 0.3 is 0 Å². The molecule has 1 aromatic carbocycles. The second-order valence-electron chi connectivity index (χ2n) is 5.86. The van der Waals surface area contributed by atoms with Gasteiger partial charge in [0.1, 0.15) is 6.04 Å². The summed E-state index contributed by atoms with van der Waals surface area (Å²) in [7, 11) is 0. The molecule has 2 atom stereocenters. The van der Waals surface area contributed by atoms with Crippen LogP contribution >= 0.6 is 0 Å². The fourth-order valence-corrected chi connectivity index (χ4v) is 2.94. The fraction of sp³-hybridized carbons (Fsp3) is 0.438. The number of imide groups is 1. The molecule has 2 amide bonds. The third-order valence-electron chi connectivity index (χ3n) is 4.35. The number of rotatable bonds is 3. The Bertz CT molecular complexity index is 601. The van der Waals surface area contributed by atoms with Gasteiger partial charge in [-0.15, -0.1) is 0 Å². The Morgan fingerprint density at radius 2 is 1.95 bits per heavy atom. The minimum absolute atomic E-state index is 0.154. The largest absolute Gasteiger partial charge is 0.274 e. The molecule has 0 N–H and O–H groups in total. The number of hydrogen-bond donors (Lipinski definition) is 0. The Hall–Kier alpha value is -2.15. The van der Waals surface area contributed by atoms with Crippen LogP contribution in [0.15, 0.2) is 30.3 Å². The van der Waals surface area contributed by atoms with Gasteiger partial charge in [-0.05, 0) is 31.2 Å². The first-order chi connectivity index (χ1) is 9.58. The van der Waals surface area contributed by atoms with Gasteiger partial charge in [-0.2, -0.15) is 5.26 Å². The molecule has 3 rings (SSSR count). The zero-order valence-corrected chi connectivity index (χ0v) is 11.4. The summed E-state index contributed by atoms with van der Waals surface area (Å²) in [6.07, 6.45) is 2.01. The van der Waals surface area contributed by atoms with Gasteiger partial charge in [-0.1, -0.05) is 30.3 Å². The Morgan fingerprint density at radius 1 is 1.30 bits per heavy atom. The maximum atomic E-state index is 12.7. The lowest BCUT2D eigenvalue weighted by Gasteiger charge is -2.25. The molecule has 1 saturated carbocycles. The standard InChI is InChI=1S/C16H16N2O2/c1-16(12-5-3-2-4-6-12)9-14(19)18(15(16)20)13(10-17)11-7-8-11/h2-6,11,13H,7-9H2,1H3. The van der Waals surface area contributed by atoms with E-state index in [-0.39, 0.29) is 24.2 Å². The molecule has 1 aromatic rings. The third kappa shape index (κ3) is 1.82. The average Bonchev–Trinajstić information content (AvgIpc) is 3.25. The third-order valence-corrected chi connectivity index (χ3v) is 4.35. The minimum atomic E-state index is -0.831. The van der Waals surface area contributed by atoms with E-state index in [2.05, 4.69) is 6.07 Å². The van der Waals surface area contributed by atoms with E-state index in [9.17, 15) is 14.9 Å². The molecule has 20 heavy (non-hydrogen) atoms. The molecule has 0 spiro atoms.